The van der Waals surface area contributed by atoms with Crippen LogP contribution in [0.1, 0.15) is 190 Å². The third-order valence-electron chi connectivity index (χ3n) is 14.5. The third-order valence-corrected chi connectivity index (χ3v) is 21.9. The van der Waals surface area contributed by atoms with Crippen molar-refractivity contribution in [1.29, 1.82) is 0 Å². The number of thiophene rings is 6. The van der Waals surface area contributed by atoms with Gasteiger partial charge in [-0.25, -0.2) is 0 Å². The Kier molecular flexibility index (Phi) is 15.7. The summed E-state index contributed by atoms with van der Waals surface area (Å²) < 4.78 is 18.0. The number of hydrogen-bond acceptors (Lipinski definition) is 12. The minimum atomic E-state index is -0.192. The Morgan fingerprint density at radius 3 is 1.51 bits per heavy atom. The van der Waals surface area contributed by atoms with E-state index in [9.17, 15) is 19.2 Å². The van der Waals surface area contributed by atoms with Crippen molar-refractivity contribution in [3.63, 3.8) is 0 Å². The van der Waals surface area contributed by atoms with Crippen LogP contribution in [-0.4, -0.2) is 59.7 Å². The fraction of sp³-hybridized carbons (Fsp3) is 0.458. The molecule has 4 amide bonds. The second-order valence-electron chi connectivity index (χ2n) is 19.9. The molecule has 8 heterocycles. The average Bonchev–Trinajstić information content (AvgIpc) is 4.26. The SMILES string of the molecule is CCCCCCCCN1C(=O)c2c(C)sc(-c3cc4c(OCCC)c5sc(Cc6sc(-c7cc8c(C)c9sc(C)cc9c(C)c8s7)c7c6C(=O)N(CCCCCCCC)C7=O)cc5c(OCCC)c4s3)c2C1=O. The molecule has 0 saturated carbocycles. The van der Waals surface area contributed by atoms with E-state index in [2.05, 4.69) is 72.7 Å². The van der Waals surface area contributed by atoms with E-state index < -0.39 is 0 Å². The normalized spacial score (nSPS) is 13.8. The number of rotatable bonds is 24. The van der Waals surface area contributed by atoms with Crippen molar-refractivity contribution >= 4 is 132 Å². The quantitative estimate of drug-likeness (QED) is 0.0442. The first-order chi connectivity index (χ1) is 35.4. The fourth-order valence-corrected chi connectivity index (χ4v) is 18.2. The van der Waals surface area contributed by atoms with Gasteiger partial charge in [0.2, 0.25) is 0 Å². The van der Waals surface area contributed by atoms with Gasteiger partial charge in [-0.3, -0.25) is 29.0 Å². The predicted molar refractivity (Wildman–Crippen MR) is 312 cm³/mol. The molecule has 6 aromatic heterocycles. The fourth-order valence-electron chi connectivity index (χ4n) is 10.8. The van der Waals surface area contributed by atoms with Gasteiger partial charge in [0.1, 0.15) is 11.5 Å². The second-order valence-corrected chi connectivity index (χ2v) is 26.8. The molecule has 10 rings (SSSR count). The molecular weight excluding hydrogens is 1030 g/mol. The number of benzene rings is 2. The summed E-state index contributed by atoms with van der Waals surface area (Å²) in [5.41, 5.74) is 4.72. The van der Waals surface area contributed by atoms with Crippen molar-refractivity contribution in [3.05, 3.63) is 77.2 Å². The molecule has 0 fully saturated rings. The van der Waals surface area contributed by atoms with E-state index in [4.69, 9.17) is 9.47 Å². The molecule has 0 spiro atoms. The van der Waals surface area contributed by atoms with E-state index in [-0.39, 0.29) is 23.6 Å². The van der Waals surface area contributed by atoms with E-state index in [1.807, 2.05) is 18.3 Å². The number of unbranched alkanes of at least 4 members (excludes halogenated alkanes) is 10. The highest BCUT2D eigenvalue weighted by molar-refractivity contribution is 7.28. The lowest BCUT2D eigenvalue weighted by atomic mass is 10.0. The van der Waals surface area contributed by atoms with Crippen molar-refractivity contribution in [2.45, 2.75) is 152 Å². The Hall–Kier alpha value is -4.44. The number of fused-ring (bicyclic) bond motifs is 6. The molecule has 8 aromatic rings. The Morgan fingerprint density at radius 1 is 0.438 bits per heavy atom. The molecule has 384 valence electrons. The van der Waals surface area contributed by atoms with Crippen molar-refractivity contribution in [1.82, 2.24) is 9.80 Å². The van der Waals surface area contributed by atoms with E-state index in [1.54, 1.807) is 45.3 Å². The van der Waals surface area contributed by atoms with Crippen LogP contribution in [0, 0.1) is 27.7 Å². The molecule has 0 bridgehead atoms. The Bertz CT molecular complexity index is 3330. The molecule has 8 nitrogen and oxygen atoms in total. The molecular formula is C59H66N2O6S6. The number of ether oxygens (including phenoxy) is 2. The van der Waals surface area contributed by atoms with Gasteiger partial charge in [-0.05, 0) is 99.5 Å². The number of imide groups is 2. The maximum absolute atomic E-state index is 14.7. The van der Waals surface area contributed by atoms with E-state index >= 15 is 0 Å². The van der Waals surface area contributed by atoms with Crippen LogP contribution < -0.4 is 9.47 Å². The first-order valence-electron chi connectivity index (χ1n) is 26.6. The Balaban J connectivity index is 1.04. The van der Waals surface area contributed by atoms with Crippen LogP contribution in [-0.2, 0) is 6.42 Å². The maximum atomic E-state index is 14.7. The van der Waals surface area contributed by atoms with Crippen LogP contribution in [0.2, 0.25) is 0 Å². The standard InChI is InChI=1S/C59H66N2O6S6/c1-9-13-15-17-19-21-23-60-56(62)44-35(8)69-54(46(44)58(60)64)43-31-40-49(67-26-12-4)52-39(48(53(40)73-43)66-25-11-3)28-36(70-52)29-41-45-47(59(65)61(57(45)63)24-22-20-18-16-14-10-2)55(71-41)42-30-38-34(7)50-37(27-32(5)68-50)33(6)51(38)72-42/h27-28,30-31H,9-26,29H2,1-8H3. The molecule has 0 saturated heterocycles. The summed E-state index contributed by atoms with van der Waals surface area (Å²) in [7, 11) is 0. The summed E-state index contributed by atoms with van der Waals surface area (Å²) in [6, 6.07) is 8.91. The molecule has 73 heavy (non-hydrogen) atoms. The highest BCUT2D eigenvalue weighted by Gasteiger charge is 2.43. The molecule has 2 aromatic carbocycles. The summed E-state index contributed by atoms with van der Waals surface area (Å²) >= 11 is 9.95. The number of nitrogens with zero attached hydrogens (tertiary/aromatic N) is 2. The van der Waals surface area contributed by atoms with Gasteiger partial charge in [0.05, 0.1) is 54.6 Å². The van der Waals surface area contributed by atoms with E-state index in [0.29, 0.717) is 55.0 Å². The zero-order valence-corrected chi connectivity index (χ0v) is 48.4. The lowest BCUT2D eigenvalue weighted by Crippen LogP contribution is -2.31. The molecule has 14 heteroatoms. The lowest BCUT2D eigenvalue weighted by Gasteiger charge is -2.14. The number of carbonyl (C=O) groups excluding carboxylic acids is 4. The van der Waals surface area contributed by atoms with Gasteiger partial charge >= 0.3 is 0 Å². The van der Waals surface area contributed by atoms with Crippen molar-refractivity contribution in [3.8, 4) is 31.0 Å². The zero-order chi connectivity index (χ0) is 51.2. The smallest absolute Gasteiger partial charge is 0.263 e. The maximum Gasteiger partial charge on any atom is 0.263 e. The van der Waals surface area contributed by atoms with Gasteiger partial charge in [0.15, 0.2) is 0 Å². The van der Waals surface area contributed by atoms with Crippen LogP contribution in [0.15, 0.2) is 24.3 Å². The van der Waals surface area contributed by atoms with Gasteiger partial charge in [-0.15, -0.1) is 68.0 Å². The van der Waals surface area contributed by atoms with E-state index in [0.717, 1.165) is 117 Å². The van der Waals surface area contributed by atoms with Gasteiger partial charge in [-0.2, -0.15) is 0 Å². The summed E-state index contributed by atoms with van der Waals surface area (Å²) in [5, 5.41) is 4.39. The Morgan fingerprint density at radius 2 is 0.904 bits per heavy atom. The molecule has 0 aliphatic carbocycles. The third kappa shape index (κ3) is 9.42. The summed E-state index contributed by atoms with van der Waals surface area (Å²) in [4.78, 5) is 68.2. The molecule has 2 aliphatic heterocycles. The molecule has 0 radical (unpaired) electrons. The first kappa shape index (κ1) is 52.0. The number of aryl methyl sites for hydroxylation is 4. The highest BCUT2D eigenvalue weighted by Crippen LogP contribution is 2.55. The highest BCUT2D eigenvalue weighted by atomic mass is 32.1. The van der Waals surface area contributed by atoms with Crippen molar-refractivity contribution in [2.75, 3.05) is 26.3 Å². The first-order valence-corrected chi connectivity index (χ1v) is 31.5. The van der Waals surface area contributed by atoms with Gasteiger partial charge in [-0.1, -0.05) is 91.9 Å². The molecule has 2 aliphatic rings. The largest absolute Gasteiger partial charge is 0.491 e. The second kappa shape index (κ2) is 22.0. The monoisotopic (exact) mass is 1090 g/mol. The molecule has 0 unspecified atom stereocenters. The number of carbonyl (C=O) groups is 4. The minimum absolute atomic E-state index is 0.172. The van der Waals surface area contributed by atoms with Crippen LogP contribution in [0.4, 0.5) is 0 Å². The molecule has 0 atom stereocenters. The average molecular weight is 1090 g/mol. The minimum Gasteiger partial charge on any atom is -0.491 e. The van der Waals surface area contributed by atoms with Gasteiger partial charge in [0.25, 0.3) is 23.6 Å². The summed E-state index contributed by atoms with van der Waals surface area (Å²) in [5.74, 6) is 0.851. The van der Waals surface area contributed by atoms with Crippen LogP contribution >= 0.6 is 68.0 Å². The summed E-state index contributed by atoms with van der Waals surface area (Å²) in [6.07, 6.45) is 15.1. The summed E-state index contributed by atoms with van der Waals surface area (Å²) in [6.45, 7) is 19.1. The van der Waals surface area contributed by atoms with Crippen LogP contribution in [0.25, 0.3) is 59.9 Å². The van der Waals surface area contributed by atoms with E-state index in [1.165, 1.54) is 95.8 Å². The van der Waals surface area contributed by atoms with Gasteiger partial charge < -0.3 is 9.47 Å². The molecule has 0 N–H and O–H groups in total. The lowest BCUT2D eigenvalue weighted by molar-refractivity contribution is 0.0635. The predicted octanol–water partition coefficient (Wildman–Crippen LogP) is 18.3. The number of hydrogen-bond donors (Lipinski definition) is 0. The van der Waals surface area contributed by atoms with Crippen molar-refractivity contribution < 1.29 is 28.7 Å². The van der Waals surface area contributed by atoms with Gasteiger partial charge in [0, 0.05) is 68.9 Å². The Labute approximate surface area is 453 Å². The zero-order valence-electron chi connectivity index (χ0n) is 43.5. The number of amides is 4. The van der Waals surface area contributed by atoms with Crippen LogP contribution in [0.3, 0.4) is 0 Å². The van der Waals surface area contributed by atoms with Crippen molar-refractivity contribution in [2.24, 2.45) is 0 Å². The topological polar surface area (TPSA) is 93.2 Å². The van der Waals surface area contributed by atoms with Crippen LogP contribution in [0.5, 0.6) is 11.5 Å².